The van der Waals surface area contributed by atoms with Gasteiger partial charge in [0.05, 0.1) is 5.69 Å². The van der Waals surface area contributed by atoms with E-state index in [1.54, 1.807) is 12.1 Å². The first-order valence-electron chi connectivity index (χ1n) is 6.53. The van der Waals surface area contributed by atoms with Crippen LogP contribution in [0.15, 0.2) is 55.1 Å². The molecule has 0 aliphatic carbocycles. The SMILES string of the molecule is C=CCOc1ccccc1CNc1c(C)cccc1F. The third-order valence-electron chi connectivity index (χ3n) is 3.01. The fraction of sp³-hybridized carbons (Fsp3) is 0.176. The maximum Gasteiger partial charge on any atom is 0.146 e. The summed E-state index contributed by atoms with van der Waals surface area (Å²) in [6, 6.07) is 12.7. The number of aryl methyl sites for hydroxylation is 1. The van der Waals surface area contributed by atoms with Gasteiger partial charge in [-0.05, 0) is 24.6 Å². The van der Waals surface area contributed by atoms with Crippen LogP contribution in [0.5, 0.6) is 5.75 Å². The van der Waals surface area contributed by atoms with Crippen molar-refractivity contribution in [3.8, 4) is 5.75 Å². The monoisotopic (exact) mass is 271 g/mol. The molecule has 0 aromatic heterocycles. The predicted molar refractivity (Wildman–Crippen MR) is 80.6 cm³/mol. The van der Waals surface area contributed by atoms with Crippen molar-refractivity contribution in [2.75, 3.05) is 11.9 Å². The molecule has 0 radical (unpaired) electrons. The summed E-state index contributed by atoms with van der Waals surface area (Å²) in [5, 5.41) is 3.13. The van der Waals surface area contributed by atoms with E-state index in [0.29, 0.717) is 18.8 Å². The lowest BCUT2D eigenvalue weighted by Gasteiger charge is -2.13. The molecular weight excluding hydrogens is 253 g/mol. The molecule has 0 fully saturated rings. The standard InChI is InChI=1S/C17H18FNO/c1-3-11-20-16-10-5-4-8-14(16)12-19-17-13(2)7-6-9-15(17)18/h3-10,19H,1,11-12H2,2H3. The lowest BCUT2D eigenvalue weighted by Crippen LogP contribution is -2.05. The van der Waals surface area contributed by atoms with Crippen molar-refractivity contribution in [3.63, 3.8) is 0 Å². The molecule has 0 atom stereocenters. The van der Waals surface area contributed by atoms with Gasteiger partial charge in [0.1, 0.15) is 18.2 Å². The molecule has 2 aromatic rings. The minimum absolute atomic E-state index is 0.241. The van der Waals surface area contributed by atoms with Gasteiger partial charge in [0.2, 0.25) is 0 Å². The molecule has 0 amide bonds. The highest BCUT2D eigenvalue weighted by atomic mass is 19.1. The van der Waals surface area contributed by atoms with Crippen molar-refractivity contribution >= 4 is 5.69 Å². The van der Waals surface area contributed by atoms with E-state index in [9.17, 15) is 4.39 Å². The molecule has 0 unspecified atom stereocenters. The van der Waals surface area contributed by atoms with Crippen LogP contribution in [-0.2, 0) is 6.54 Å². The van der Waals surface area contributed by atoms with Gasteiger partial charge in [-0.3, -0.25) is 0 Å². The highest BCUT2D eigenvalue weighted by Gasteiger charge is 2.07. The summed E-state index contributed by atoms with van der Waals surface area (Å²) in [5.41, 5.74) is 2.40. The van der Waals surface area contributed by atoms with E-state index < -0.39 is 0 Å². The third kappa shape index (κ3) is 3.38. The minimum atomic E-state index is -0.241. The quantitative estimate of drug-likeness (QED) is 0.790. The molecule has 3 heteroatoms. The number of nitrogens with one attached hydrogen (secondary N) is 1. The zero-order valence-electron chi connectivity index (χ0n) is 11.5. The molecule has 0 saturated carbocycles. The number of benzene rings is 2. The Bertz CT molecular complexity index is 575. The Morgan fingerprint density at radius 2 is 2.00 bits per heavy atom. The van der Waals surface area contributed by atoms with Crippen LogP contribution in [-0.4, -0.2) is 6.61 Å². The summed E-state index contributed by atoms with van der Waals surface area (Å²) in [7, 11) is 0. The Labute approximate surface area is 118 Å². The van der Waals surface area contributed by atoms with Crippen LogP contribution in [0.3, 0.4) is 0 Å². The zero-order valence-corrected chi connectivity index (χ0v) is 11.5. The molecule has 0 heterocycles. The van der Waals surface area contributed by atoms with Gasteiger partial charge in [0.25, 0.3) is 0 Å². The third-order valence-corrected chi connectivity index (χ3v) is 3.01. The maximum absolute atomic E-state index is 13.7. The molecule has 1 N–H and O–H groups in total. The minimum Gasteiger partial charge on any atom is -0.489 e. The van der Waals surface area contributed by atoms with Gasteiger partial charge in [0.15, 0.2) is 0 Å². The highest BCUT2D eigenvalue weighted by molar-refractivity contribution is 5.52. The second-order valence-corrected chi connectivity index (χ2v) is 4.49. The van der Waals surface area contributed by atoms with Crippen LogP contribution in [0.2, 0.25) is 0 Å². The Morgan fingerprint density at radius 1 is 1.20 bits per heavy atom. The summed E-state index contributed by atoms with van der Waals surface area (Å²) in [6.45, 7) is 6.48. The van der Waals surface area contributed by atoms with E-state index in [-0.39, 0.29) is 5.82 Å². The summed E-state index contributed by atoms with van der Waals surface area (Å²) >= 11 is 0. The van der Waals surface area contributed by atoms with Crippen molar-refractivity contribution in [2.24, 2.45) is 0 Å². The number of rotatable bonds is 6. The molecule has 104 valence electrons. The van der Waals surface area contributed by atoms with E-state index in [2.05, 4.69) is 11.9 Å². The second kappa shape index (κ2) is 6.75. The molecule has 20 heavy (non-hydrogen) atoms. The van der Waals surface area contributed by atoms with E-state index in [0.717, 1.165) is 16.9 Å². The molecular formula is C17H18FNO. The van der Waals surface area contributed by atoms with Crippen LogP contribution in [0.1, 0.15) is 11.1 Å². The molecule has 0 bridgehead atoms. The van der Waals surface area contributed by atoms with Crippen LogP contribution >= 0.6 is 0 Å². The zero-order chi connectivity index (χ0) is 14.4. The van der Waals surface area contributed by atoms with Crippen molar-refractivity contribution in [2.45, 2.75) is 13.5 Å². The fourth-order valence-electron chi connectivity index (χ4n) is 1.98. The molecule has 0 spiro atoms. The highest BCUT2D eigenvalue weighted by Crippen LogP contribution is 2.23. The first-order chi connectivity index (χ1) is 9.72. The van der Waals surface area contributed by atoms with Crippen molar-refractivity contribution < 1.29 is 9.13 Å². The molecule has 2 nitrogen and oxygen atoms in total. The first-order valence-corrected chi connectivity index (χ1v) is 6.53. The normalized spacial score (nSPS) is 10.1. The Hall–Kier alpha value is -2.29. The number of hydrogen-bond donors (Lipinski definition) is 1. The average Bonchev–Trinajstić information content (AvgIpc) is 2.45. The van der Waals surface area contributed by atoms with Gasteiger partial charge in [-0.1, -0.05) is 43.0 Å². The first kappa shape index (κ1) is 14.1. The summed E-state index contributed by atoms with van der Waals surface area (Å²) in [4.78, 5) is 0. The van der Waals surface area contributed by atoms with Gasteiger partial charge in [-0.15, -0.1) is 0 Å². The maximum atomic E-state index is 13.7. The van der Waals surface area contributed by atoms with Gasteiger partial charge < -0.3 is 10.1 Å². The second-order valence-electron chi connectivity index (χ2n) is 4.49. The number of para-hydroxylation sites is 2. The number of hydrogen-bond acceptors (Lipinski definition) is 2. The Morgan fingerprint density at radius 3 is 2.75 bits per heavy atom. The molecule has 0 aliphatic heterocycles. The van der Waals surface area contributed by atoms with Crippen LogP contribution in [0, 0.1) is 12.7 Å². The van der Waals surface area contributed by atoms with Gasteiger partial charge in [-0.25, -0.2) is 4.39 Å². The summed E-state index contributed by atoms with van der Waals surface area (Å²) in [6.07, 6.45) is 1.70. The fourth-order valence-corrected chi connectivity index (χ4v) is 1.98. The van der Waals surface area contributed by atoms with E-state index >= 15 is 0 Å². The topological polar surface area (TPSA) is 21.3 Å². The lowest BCUT2D eigenvalue weighted by atomic mass is 10.1. The van der Waals surface area contributed by atoms with Crippen LogP contribution in [0.4, 0.5) is 10.1 Å². The summed E-state index contributed by atoms with van der Waals surface area (Å²) < 4.78 is 19.3. The van der Waals surface area contributed by atoms with Gasteiger partial charge >= 0.3 is 0 Å². The summed E-state index contributed by atoms with van der Waals surface area (Å²) in [5.74, 6) is 0.545. The Kier molecular flexibility index (Phi) is 4.77. The van der Waals surface area contributed by atoms with Gasteiger partial charge in [-0.2, -0.15) is 0 Å². The average molecular weight is 271 g/mol. The molecule has 2 aromatic carbocycles. The number of anilines is 1. The van der Waals surface area contributed by atoms with Gasteiger partial charge in [0, 0.05) is 12.1 Å². The van der Waals surface area contributed by atoms with Crippen molar-refractivity contribution in [1.29, 1.82) is 0 Å². The van der Waals surface area contributed by atoms with Crippen molar-refractivity contribution in [1.82, 2.24) is 0 Å². The predicted octanol–water partition coefficient (Wildman–Crippen LogP) is 4.31. The molecule has 0 aliphatic rings. The van der Waals surface area contributed by atoms with E-state index in [1.807, 2.05) is 37.3 Å². The molecule has 2 rings (SSSR count). The Balaban J connectivity index is 2.13. The molecule has 0 saturated heterocycles. The lowest BCUT2D eigenvalue weighted by molar-refractivity contribution is 0.359. The van der Waals surface area contributed by atoms with Crippen LogP contribution in [0.25, 0.3) is 0 Å². The van der Waals surface area contributed by atoms with Crippen molar-refractivity contribution in [3.05, 3.63) is 72.1 Å². The number of halogens is 1. The van der Waals surface area contributed by atoms with E-state index in [4.69, 9.17) is 4.74 Å². The van der Waals surface area contributed by atoms with Crippen LogP contribution < -0.4 is 10.1 Å². The smallest absolute Gasteiger partial charge is 0.146 e. The van der Waals surface area contributed by atoms with E-state index in [1.165, 1.54) is 6.07 Å². The number of ether oxygens (including phenoxy) is 1. The largest absolute Gasteiger partial charge is 0.489 e.